The zero-order chi connectivity index (χ0) is 22.0. The summed E-state index contributed by atoms with van der Waals surface area (Å²) in [6.45, 7) is 5.77. The first-order valence-corrected chi connectivity index (χ1v) is 9.61. The van der Waals surface area contributed by atoms with Crippen LogP contribution in [0.4, 0.5) is 0 Å². The van der Waals surface area contributed by atoms with Gasteiger partial charge in [-0.3, -0.25) is 0 Å². The number of methoxy groups -OCH3 is 2. The summed E-state index contributed by atoms with van der Waals surface area (Å²) in [6, 6.07) is 9.99. The number of aliphatic carboxylic acids is 1. The molecule has 1 N–H and O–H groups in total. The Hall–Kier alpha value is -3.25. The van der Waals surface area contributed by atoms with Crippen molar-refractivity contribution in [3.8, 4) is 22.8 Å². The van der Waals surface area contributed by atoms with Gasteiger partial charge in [0.05, 0.1) is 18.3 Å². The van der Waals surface area contributed by atoms with Crippen molar-refractivity contribution < 1.29 is 24.1 Å². The number of carbonyl (C=O) groups is 1. The number of aryl methyl sites for hydroxylation is 3. The zero-order valence-electron chi connectivity index (χ0n) is 18.2. The molecule has 0 spiro atoms. The van der Waals surface area contributed by atoms with Gasteiger partial charge in [0, 0.05) is 36.2 Å². The van der Waals surface area contributed by atoms with Crippen molar-refractivity contribution >= 4 is 22.9 Å². The Morgan fingerprint density at radius 3 is 2.50 bits per heavy atom. The highest BCUT2D eigenvalue weighted by Crippen LogP contribution is 2.45. The SMILES string of the molecule is COCOc1c(OC)cc(/C=C(\C)C(=O)O)c2c1c(C)c(-c1ccccc1C)n2C. The molecule has 0 saturated heterocycles. The molecule has 0 aliphatic rings. The molecule has 0 radical (unpaired) electrons. The van der Waals surface area contributed by atoms with Crippen LogP contribution in [-0.4, -0.2) is 36.7 Å². The van der Waals surface area contributed by atoms with E-state index in [1.165, 1.54) is 0 Å². The number of hydrogen-bond donors (Lipinski definition) is 1. The minimum atomic E-state index is -0.966. The first-order valence-electron chi connectivity index (χ1n) is 9.61. The van der Waals surface area contributed by atoms with Gasteiger partial charge in [-0.2, -0.15) is 0 Å². The van der Waals surface area contributed by atoms with E-state index in [1.807, 2.05) is 26.1 Å². The van der Waals surface area contributed by atoms with E-state index in [0.717, 1.165) is 38.9 Å². The molecule has 6 heteroatoms. The van der Waals surface area contributed by atoms with Gasteiger partial charge in [-0.1, -0.05) is 24.3 Å². The van der Waals surface area contributed by atoms with Crippen LogP contribution in [0.2, 0.25) is 0 Å². The number of aromatic nitrogens is 1. The fourth-order valence-corrected chi connectivity index (χ4v) is 3.88. The second kappa shape index (κ2) is 8.63. The van der Waals surface area contributed by atoms with Gasteiger partial charge in [-0.15, -0.1) is 0 Å². The molecule has 1 heterocycles. The van der Waals surface area contributed by atoms with E-state index in [-0.39, 0.29) is 12.4 Å². The van der Waals surface area contributed by atoms with E-state index in [2.05, 4.69) is 23.6 Å². The third-order valence-corrected chi connectivity index (χ3v) is 5.30. The van der Waals surface area contributed by atoms with E-state index in [0.29, 0.717) is 11.5 Å². The molecule has 158 valence electrons. The Morgan fingerprint density at radius 1 is 1.20 bits per heavy atom. The van der Waals surface area contributed by atoms with Crippen molar-refractivity contribution in [3.63, 3.8) is 0 Å². The monoisotopic (exact) mass is 409 g/mol. The fraction of sp³-hybridized carbons (Fsp3) is 0.292. The number of rotatable bonds is 7. The van der Waals surface area contributed by atoms with Crippen LogP contribution in [0.5, 0.6) is 11.5 Å². The van der Waals surface area contributed by atoms with Gasteiger partial charge in [0.1, 0.15) is 0 Å². The van der Waals surface area contributed by atoms with Crippen LogP contribution in [0.1, 0.15) is 23.6 Å². The second-order valence-electron chi connectivity index (χ2n) is 7.25. The number of carboxylic acid groups (broad SMARTS) is 1. The molecule has 1 aromatic heterocycles. The molecule has 30 heavy (non-hydrogen) atoms. The van der Waals surface area contributed by atoms with Crippen molar-refractivity contribution in [2.75, 3.05) is 21.0 Å². The summed E-state index contributed by atoms with van der Waals surface area (Å²) in [6.07, 6.45) is 1.66. The Morgan fingerprint density at radius 2 is 1.90 bits per heavy atom. The fourth-order valence-electron chi connectivity index (χ4n) is 3.88. The smallest absolute Gasteiger partial charge is 0.331 e. The zero-order valence-corrected chi connectivity index (χ0v) is 18.2. The molecule has 0 unspecified atom stereocenters. The van der Waals surface area contributed by atoms with Crippen molar-refractivity contribution in [1.82, 2.24) is 4.57 Å². The quantitative estimate of drug-likeness (QED) is 0.442. The normalized spacial score (nSPS) is 11.7. The van der Waals surface area contributed by atoms with E-state index >= 15 is 0 Å². The highest BCUT2D eigenvalue weighted by Gasteiger charge is 2.24. The van der Waals surface area contributed by atoms with Crippen molar-refractivity contribution in [3.05, 3.63) is 52.6 Å². The Kier molecular flexibility index (Phi) is 6.17. The summed E-state index contributed by atoms with van der Waals surface area (Å²) < 4.78 is 18.7. The molecule has 3 aromatic rings. The van der Waals surface area contributed by atoms with Crippen molar-refractivity contribution in [2.24, 2.45) is 7.05 Å². The van der Waals surface area contributed by atoms with Gasteiger partial charge in [0.25, 0.3) is 0 Å². The Balaban J connectivity index is 2.47. The third kappa shape index (κ3) is 3.66. The summed E-state index contributed by atoms with van der Waals surface area (Å²) in [5.74, 6) is 0.133. The number of carboxylic acids is 1. The predicted molar refractivity (Wildman–Crippen MR) is 118 cm³/mol. The maximum absolute atomic E-state index is 11.5. The highest BCUT2D eigenvalue weighted by molar-refractivity contribution is 6.04. The summed E-state index contributed by atoms with van der Waals surface area (Å²) in [5.41, 5.74) is 6.18. The lowest BCUT2D eigenvalue weighted by Gasteiger charge is -2.14. The second-order valence-corrected chi connectivity index (χ2v) is 7.25. The summed E-state index contributed by atoms with van der Waals surface area (Å²) in [5, 5.41) is 10.3. The molecule has 0 aliphatic carbocycles. The van der Waals surface area contributed by atoms with Gasteiger partial charge >= 0.3 is 5.97 Å². The molecule has 0 fully saturated rings. The first-order chi connectivity index (χ1) is 14.3. The van der Waals surface area contributed by atoms with Gasteiger partial charge in [-0.05, 0) is 44.0 Å². The van der Waals surface area contributed by atoms with Crippen LogP contribution in [0, 0.1) is 13.8 Å². The molecule has 6 nitrogen and oxygen atoms in total. The largest absolute Gasteiger partial charge is 0.493 e. The third-order valence-electron chi connectivity index (χ3n) is 5.30. The lowest BCUT2D eigenvalue weighted by atomic mass is 10.0. The number of hydrogen-bond acceptors (Lipinski definition) is 4. The molecular weight excluding hydrogens is 382 g/mol. The molecule has 3 rings (SSSR count). The number of benzene rings is 2. The number of nitrogens with zero attached hydrogens (tertiary/aromatic N) is 1. The number of ether oxygens (including phenoxy) is 3. The van der Waals surface area contributed by atoms with Gasteiger partial charge < -0.3 is 23.9 Å². The van der Waals surface area contributed by atoms with Gasteiger partial charge in [0.2, 0.25) is 0 Å². The van der Waals surface area contributed by atoms with Gasteiger partial charge in [-0.25, -0.2) is 4.79 Å². The van der Waals surface area contributed by atoms with E-state index in [4.69, 9.17) is 14.2 Å². The van der Waals surface area contributed by atoms with Crippen LogP contribution in [0.3, 0.4) is 0 Å². The molecule has 2 aromatic carbocycles. The van der Waals surface area contributed by atoms with Crippen LogP contribution in [0.25, 0.3) is 28.2 Å². The maximum atomic E-state index is 11.5. The number of fused-ring (bicyclic) bond motifs is 1. The minimum Gasteiger partial charge on any atom is -0.493 e. The molecule has 0 saturated carbocycles. The molecule has 0 amide bonds. The molecule has 0 atom stereocenters. The summed E-state index contributed by atoms with van der Waals surface area (Å²) in [7, 11) is 5.11. The lowest BCUT2D eigenvalue weighted by molar-refractivity contribution is -0.132. The van der Waals surface area contributed by atoms with E-state index < -0.39 is 5.97 Å². The topological polar surface area (TPSA) is 69.9 Å². The van der Waals surface area contributed by atoms with E-state index in [9.17, 15) is 9.90 Å². The maximum Gasteiger partial charge on any atom is 0.331 e. The van der Waals surface area contributed by atoms with Crippen LogP contribution < -0.4 is 9.47 Å². The Labute approximate surface area is 176 Å². The average molecular weight is 409 g/mol. The first kappa shape index (κ1) is 21.5. The van der Waals surface area contributed by atoms with Gasteiger partial charge in [0.15, 0.2) is 18.3 Å². The lowest BCUT2D eigenvalue weighted by Crippen LogP contribution is -2.03. The molecule has 0 bridgehead atoms. The minimum absolute atomic E-state index is 0.0723. The van der Waals surface area contributed by atoms with Crippen LogP contribution in [0.15, 0.2) is 35.9 Å². The summed E-state index contributed by atoms with van der Waals surface area (Å²) in [4.78, 5) is 11.5. The highest BCUT2D eigenvalue weighted by atomic mass is 16.7. The summed E-state index contributed by atoms with van der Waals surface area (Å²) >= 11 is 0. The average Bonchev–Trinajstić information content (AvgIpc) is 2.98. The van der Waals surface area contributed by atoms with Crippen LogP contribution in [-0.2, 0) is 16.6 Å². The standard InChI is InChI=1S/C24H27NO5/c1-14-9-7-8-10-18(14)21-16(3)20-22(25(21)4)17(11-15(2)24(26)27)12-19(29-6)23(20)30-13-28-5/h7-12H,13H2,1-6H3,(H,26,27)/b15-11+. The van der Waals surface area contributed by atoms with E-state index in [1.54, 1.807) is 33.3 Å². The predicted octanol–water partition coefficient (Wildman–Crippen LogP) is 4.94. The molecule has 0 aliphatic heterocycles. The van der Waals surface area contributed by atoms with Crippen molar-refractivity contribution in [2.45, 2.75) is 20.8 Å². The Bertz CT molecular complexity index is 1140. The molecular formula is C24H27NO5. The van der Waals surface area contributed by atoms with Crippen molar-refractivity contribution in [1.29, 1.82) is 0 Å². The van der Waals surface area contributed by atoms with Crippen LogP contribution >= 0.6 is 0 Å².